The van der Waals surface area contributed by atoms with Crippen molar-refractivity contribution in [2.75, 3.05) is 18.4 Å². The van der Waals surface area contributed by atoms with Gasteiger partial charge in [-0.1, -0.05) is 30.7 Å². The summed E-state index contributed by atoms with van der Waals surface area (Å²) in [5, 5.41) is 7.57. The lowest BCUT2D eigenvalue weighted by Crippen LogP contribution is -2.67. The Labute approximate surface area is 188 Å². The van der Waals surface area contributed by atoms with Crippen LogP contribution in [0.5, 0.6) is 0 Å². The van der Waals surface area contributed by atoms with Crippen LogP contribution >= 0.6 is 11.6 Å². The predicted molar refractivity (Wildman–Crippen MR) is 125 cm³/mol. The van der Waals surface area contributed by atoms with Crippen molar-refractivity contribution in [3.8, 4) is 0 Å². The summed E-state index contributed by atoms with van der Waals surface area (Å²) in [4.78, 5) is 23.8. The van der Waals surface area contributed by atoms with Crippen LogP contribution in [0.1, 0.15) is 32.3 Å². The summed E-state index contributed by atoms with van der Waals surface area (Å²) >= 11 is 5.97. The van der Waals surface area contributed by atoms with Crippen LogP contribution in [0.15, 0.2) is 60.7 Å². The topological polar surface area (TPSA) is 70.2 Å². The molecule has 2 aromatic heterocycles. The number of carbonyl (C=O) groups excluding carboxylic acids is 1. The molecule has 1 fully saturated rings. The maximum absolute atomic E-state index is 12.8. The molecule has 0 aliphatic carbocycles. The Morgan fingerprint density at radius 1 is 1.32 bits per heavy atom. The summed E-state index contributed by atoms with van der Waals surface area (Å²) in [6.07, 6.45) is 12.5. The third-order valence-corrected chi connectivity index (χ3v) is 6.45. The quantitative estimate of drug-likeness (QED) is 0.662. The SMILES string of the molecule is CC1=CC=C(c2cccnc2)[C@@](C=O)(N2CCC[C@@H](C)C2CNc2ccc(Cl)cn2)N1. The standard InChI is InChI=1S/C24H28ClN5O/c1-17-5-4-12-30(22(17)15-28-23-10-8-20(25)14-27-23)24(16-31)21(9-7-18(2)29-24)19-6-3-11-26-13-19/h3,6-11,13-14,16-17,22,29H,4-5,12,15H2,1-2H3,(H,27,28)/t17-,22?,24-/m1/s1. The molecule has 4 rings (SSSR count). The minimum absolute atomic E-state index is 0.134. The zero-order chi connectivity index (χ0) is 21.8. The third kappa shape index (κ3) is 4.36. The molecule has 2 aliphatic heterocycles. The number of allylic oxidation sites excluding steroid dienone is 3. The zero-order valence-corrected chi connectivity index (χ0v) is 18.6. The van der Waals surface area contributed by atoms with Gasteiger partial charge in [0.25, 0.3) is 0 Å². The number of rotatable bonds is 6. The van der Waals surface area contributed by atoms with Crippen LogP contribution < -0.4 is 10.6 Å². The maximum atomic E-state index is 12.8. The van der Waals surface area contributed by atoms with Crippen molar-refractivity contribution < 1.29 is 4.79 Å². The fraction of sp³-hybridized carbons (Fsp3) is 0.375. The second-order valence-electron chi connectivity index (χ2n) is 8.30. The minimum atomic E-state index is -0.948. The van der Waals surface area contributed by atoms with E-state index in [1.807, 2.05) is 49.5 Å². The number of hydrogen-bond acceptors (Lipinski definition) is 6. The molecule has 162 valence electrons. The van der Waals surface area contributed by atoms with Crippen LogP contribution in [-0.2, 0) is 4.79 Å². The summed E-state index contributed by atoms with van der Waals surface area (Å²) in [7, 11) is 0. The van der Waals surface area contributed by atoms with Crippen molar-refractivity contribution in [3.63, 3.8) is 0 Å². The number of pyridine rings is 2. The molecule has 1 unspecified atom stereocenters. The molecule has 7 heteroatoms. The Balaban J connectivity index is 1.68. The number of halogens is 1. The largest absolute Gasteiger partial charge is 0.368 e. The minimum Gasteiger partial charge on any atom is -0.368 e. The van der Waals surface area contributed by atoms with E-state index in [1.165, 1.54) is 0 Å². The van der Waals surface area contributed by atoms with Gasteiger partial charge in [-0.25, -0.2) is 4.98 Å². The third-order valence-electron chi connectivity index (χ3n) is 6.23. The first-order valence-corrected chi connectivity index (χ1v) is 11.1. The molecule has 0 radical (unpaired) electrons. The molecule has 0 spiro atoms. The highest BCUT2D eigenvalue weighted by Crippen LogP contribution is 2.38. The van der Waals surface area contributed by atoms with E-state index in [0.717, 1.165) is 48.3 Å². The van der Waals surface area contributed by atoms with E-state index in [9.17, 15) is 4.79 Å². The second-order valence-corrected chi connectivity index (χ2v) is 8.74. The molecular weight excluding hydrogens is 410 g/mol. The number of nitrogens with one attached hydrogen (secondary N) is 2. The molecule has 6 nitrogen and oxygen atoms in total. The number of nitrogens with zero attached hydrogens (tertiary/aromatic N) is 3. The van der Waals surface area contributed by atoms with Crippen molar-refractivity contribution in [2.24, 2.45) is 5.92 Å². The summed E-state index contributed by atoms with van der Waals surface area (Å²) in [6, 6.07) is 7.75. The van der Waals surface area contributed by atoms with E-state index in [-0.39, 0.29) is 6.04 Å². The van der Waals surface area contributed by atoms with E-state index in [4.69, 9.17) is 11.6 Å². The molecule has 0 saturated carbocycles. The Hall–Kier alpha value is -2.70. The van der Waals surface area contributed by atoms with Crippen molar-refractivity contribution in [3.05, 3.63) is 71.3 Å². The number of aromatic nitrogens is 2. The predicted octanol–water partition coefficient (Wildman–Crippen LogP) is 4.13. The zero-order valence-electron chi connectivity index (χ0n) is 17.9. The van der Waals surface area contributed by atoms with Gasteiger partial charge >= 0.3 is 0 Å². The smallest absolute Gasteiger partial charge is 0.175 e. The van der Waals surface area contributed by atoms with Gasteiger partial charge in [0, 0.05) is 54.6 Å². The van der Waals surface area contributed by atoms with Gasteiger partial charge in [0.05, 0.1) is 5.02 Å². The van der Waals surface area contributed by atoms with Gasteiger partial charge in [-0.05, 0) is 50.0 Å². The van der Waals surface area contributed by atoms with Gasteiger partial charge in [-0.2, -0.15) is 0 Å². The van der Waals surface area contributed by atoms with Crippen LogP contribution in [0.3, 0.4) is 0 Å². The Morgan fingerprint density at radius 3 is 2.90 bits per heavy atom. The van der Waals surface area contributed by atoms with Crippen molar-refractivity contribution in [1.82, 2.24) is 20.2 Å². The fourth-order valence-corrected chi connectivity index (χ4v) is 4.77. The summed E-state index contributed by atoms with van der Waals surface area (Å²) in [5.74, 6) is 1.19. The number of hydrogen-bond donors (Lipinski definition) is 2. The number of dihydropyridines is 1. The average Bonchev–Trinajstić information content (AvgIpc) is 2.79. The normalized spacial score (nSPS) is 26.4. The summed E-state index contributed by atoms with van der Waals surface area (Å²) in [5.41, 5.74) is 1.88. The number of anilines is 1. The molecule has 3 atom stereocenters. The summed E-state index contributed by atoms with van der Waals surface area (Å²) < 4.78 is 0. The van der Waals surface area contributed by atoms with Gasteiger partial charge in [0.15, 0.2) is 11.9 Å². The molecule has 2 aliphatic rings. The van der Waals surface area contributed by atoms with Gasteiger partial charge in [0.2, 0.25) is 0 Å². The van der Waals surface area contributed by atoms with Gasteiger partial charge in [0.1, 0.15) is 5.82 Å². The highest BCUT2D eigenvalue weighted by atomic mass is 35.5. The van der Waals surface area contributed by atoms with Crippen molar-refractivity contribution in [2.45, 2.75) is 38.4 Å². The summed E-state index contributed by atoms with van der Waals surface area (Å²) in [6.45, 7) is 5.75. The van der Waals surface area contributed by atoms with Crippen LogP contribution in [0, 0.1) is 5.92 Å². The average molecular weight is 438 g/mol. The van der Waals surface area contributed by atoms with Crippen molar-refractivity contribution >= 4 is 29.3 Å². The van der Waals surface area contributed by atoms with E-state index < -0.39 is 5.66 Å². The molecule has 2 aromatic rings. The van der Waals surface area contributed by atoms with Gasteiger partial charge < -0.3 is 10.6 Å². The second kappa shape index (κ2) is 9.20. The molecule has 0 bridgehead atoms. The Kier molecular flexibility index (Phi) is 6.39. The molecule has 1 saturated heterocycles. The van der Waals surface area contributed by atoms with Crippen LogP contribution in [0.2, 0.25) is 5.02 Å². The lowest BCUT2D eigenvalue weighted by atomic mass is 9.83. The van der Waals surface area contributed by atoms with Crippen LogP contribution in [0.4, 0.5) is 5.82 Å². The monoisotopic (exact) mass is 437 g/mol. The first-order valence-electron chi connectivity index (χ1n) is 10.7. The highest BCUT2D eigenvalue weighted by molar-refractivity contribution is 6.30. The lowest BCUT2D eigenvalue weighted by molar-refractivity contribution is -0.120. The van der Waals surface area contributed by atoms with E-state index in [0.29, 0.717) is 17.5 Å². The first kappa shape index (κ1) is 21.5. The Morgan fingerprint density at radius 2 is 2.19 bits per heavy atom. The lowest BCUT2D eigenvalue weighted by Gasteiger charge is -2.51. The van der Waals surface area contributed by atoms with Crippen molar-refractivity contribution in [1.29, 1.82) is 0 Å². The van der Waals surface area contributed by atoms with E-state index >= 15 is 0 Å². The molecule has 4 heterocycles. The molecule has 0 aromatic carbocycles. The maximum Gasteiger partial charge on any atom is 0.175 e. The number of likely N-dealkylation sites (tertiary alicyclic amines) is 1. The van der Waals surface area contributed by atoms with Gasteiger partial charge in [-0.15, -0.1) is 0 Å². The fourth-order valence-electron chi connectivity index (χ4n) is 4.66. The van der Waals surface area contributed by atoms with E-state index in [2.05, 4.69) is 32.4 Å². The van der Waals surface area contributed by atoms with Crippen LogP contribution in [0.25, 0.3) is 5.57 Å². The number of carbonyl (C=O) groups is 1. The van der Waals surface area contributed by atoms with Crippen LogP contribution in [-0.4, -0.2) is 45.9 Å². The van der Waals surface area contributed by atoms with E-state index in [1.54, 1.807) is 12.4 Å². The first-order chi connectivity index (χ1) is 15.0. The molecule has 2 N–H and O–H groups in total. The Bertz CT molecular complexity index is 975. The number of piperidine rings is 1. The molecule has 0 amide bonds. The molecule has 31 heavy (non-hydrogen) atoms. The highest BCUT2D eigenvalue weighted by Gasteiger charge is 2.47. The molecular formula is C24H28ClN5O. The van der Waals surface area contributed by atoms with Gasteiger partial charge in [-0.3, -0.25) is 14.7 Å². The number of aldehydes is 1.